The van der Waals surface area contributed by atoms with Gasteiger partial charge < -0.3 is 4.74 Å². The fourth-order valence-corrected chi connectivity index (χ4v) is 2.33. The molecule has 0 saturated carbocycles. The molecule has 0 aliphatic rings. The largest absolute Gasteiger partial charge is 0.495 e. The normalized spacial score (nSPS) is 9.68. The SMILES string of the molecule is COc1ccc(C(=O)Sc2ccccc2)cc1C#N. The second-order valence-electron chi connectivity index (χ2n) is 3.73. The molecule has 0 spiro atoms. The molecule has 4 heteroatoms. The van der Waals surface area contributed by atoms with Crippen LogP contribution < -0.4 is 4.74 Å². The van der Waals surface area contributed by atoms with Gasteiger partial charge in [-0.15, -0.1) is 0 Å². The smallest absolute Gasteiger partial charge is 0.224 e. The molecule has 0 saturated heterocycles. The third kappa shape index (κ3) is 3.15. The standard InChI is InChI=1S/C15H11NO2S/c1-18-14-8-7-11(9-12(14)10-16)15(17)19-13-5-3-2-4-6-13/h2-9H,1H3. The number of nitriles is 1. The third-order valence-corrected chi connectivity index (χ3v) is 3.44. The van der Waals surface area contributed by atoms with E-state index in [-0.39, 0.29) is 5.12 Å². The molecule has 0 amide bonds. The minimum absolute atomic E-state index is 0.0923. The average molecular weight is 269 g/mol. The van der Waals surface area contributed by atoms with Crippen molar-refractivity contribution in [2.24, 2.45) is 0 Å². The van der Waals surface area contributed by atoms with Crippen LogP contribution in [0.3, 0.4) is 0 Å². The van der Waals surface area contributed by atoms with Crippen LogP contribution in [-0.4, -0.2) is 12.2 Å². The number of hydrogen-bond acceptors (Lipinski definition) is 4. The zero-order valence-corrected chi connectivity index (χ0v) is 11.1. The topological polar surface area (TPSA) is 50.1 Å². The summed E-state index contributed by atoms with van der Waals surface area (Å²) in [5.41, 5.74) is 0.855. The Kier molecular flexibility index (Phi) is 4.22. The van der Waals surface area contributed by atoms with Crippen molar-refractivity contribution in [3.8, 4) is 11.8 Å². The molecule has 0 aliphatic carbocycles. The summed E-state index contributed by atoms with van der Waals surface area (Å²) in [6, 6.07) is 16.3. The quantitative estimate of drug-likeness (QED) is 0.800. The molecule has 0 N–H and O–H groups in total. The molecule has 0 unspecified atom stereocenters. The summed E-state index contributed by atoms with van der Waals surface area (Å²) in [4.78, 5) is 13.0. The summed E-state index contributed by atoms with van der Waals surface area (Å²) in [5.74, 6) is 0.476. The molecule has 0 bridgehead atoms. The van der Waals surface area contributed by atoms with Gasteiger partial charge in [-0.2, -0.15) is 5.26 Å². The summed E-state index contributed by atoms with van der Waals surface area (Å²) < 4.78 is 5.05. The first kappa shape index (κ1) is 13.2. The second-order valence-corrected chi connectivity index (χ2v) is 4.78. The van der Waals surface area contributed by atoms with Gasteiger partial charge in [0.25, 0.3) is 0 Å². The van der Waals surface area contributed by atoms with Crippen molar-refractivity contribution < 1.29 is 9.53 Å². The van der Waals surface area contributed by atoms with Crippen molar-refractivity contribution in [1.82, 2.24) is 0 Å². The summed E-state index contributed by atoms with van der Waals surface area (Å²) in [5, 5.41) is 8.91. The molecular formula is C15H11NO2S. The number of ether oxygens (including phenoxy) is 1. The molecular weight excluding hydrogens is 258 g/mol. The molecule has 2 aromatic rings. The number of hydrogen-bond donors (Lipinski definition) is 0. The summed E-state index contributed by atoms with van der Waals surface area (Å²) in [6.07, 6.45) is 0. The first-order chi connectivity index (χ1) is 9.24. The van der Waals surface area contributed by atoms with Crippen molar-refractivity contribution in [3.05, 3.63) is 59.7 Å². The number of nitrogens with zero attached hydrogens (tertiary/aromatic N) is 1. The molecule has 0 atom stereocenters. The fourth-order valence-electron chi connectivity index (χ4n) is 1.58. The molecule has 2 aromatic carbocycles. The van der Waals surface area contributed by atoms with Crippen LogP contribution in [0, 0.1) is 11.3 Å². The Morgan fingerprint density at radius 3 is 2.58 bits per heavy atom. The maximum atomic E-state index is 12.1. The average Bonchev–Trinajstić information content (AvgIpc) is 2.47. The van der Waals surface area contributed by atoms with Gasteiger partial charge in [0.1, 0.15) is 11.8 Å². The molecule has 0 heterocycles. The van der Waals surface area contributed by atoms with Gasteiger partial charge >= 0.3 is 0 Å². The van der Waals surface area contributed by atoms with Gasteiger partial charge in [-0.3, -0.25) is 4.79 Å². The van der Waals surface area contributed by atoms with Gasteiger partial charge in [0.2, 0.25) is 5.12 Å². The Labute approximate surface area is 115 Å². The summed E-state index contributed by atoms with van der Waals surface area (Å²) in [6.45, 7) is 0. The zero-order valence-electron chi connectivity index (χ0n) is 10.3. The zero-order chi connectivity index (χ0) is 13.7. The first-order valence-electron chi connectivity index (χ1n) is 5.60. The second kappa shape index (κ2) is 6.07. The Morgan fingerprint density at radius 2 is 1.95 bits per heavy atom. The van der Waals surface area contributed by atoms with Crippen molar-refractivity contribution in [2.45, 2.75) is 4.90 Å². The highest BCUT2D eigenvalue weighted by molar-refractivity contribution is 8.14. The van der Waals surface area contributed by atoms with Gasteiger partial charge in [-0.1, -0.05) is 18.2 Å². The van der Waals surface area contributed by atoms with Crippen LogP contribution >= 0.6 is 11.8 Å². The minimum Gasteiger partial charge on any atom is -0.495 e. The fraction of sp³-hybridized carbons (Fsp3) is 0.0667. The maximum Gasteiger partial charge on any atom is 0.224 e. The number of carbonyl (C=O) groups is 1. The van der Waals surface area contributed by atoms with E-state index in [9.17, 15) is 4.79 Å². The van der Waals surface area contributed by atoms with E-state index in [1.165, 1.54) is 7.11 Å². The third-order valence-electron chi connectivity index (χ3n) is 2.51. The van der Waals surface area contributed by atoms with Crippen LogP contribution in [-0.2, 0) is 0 Å². The van der Waals surface area contributed by atoms with E-state index in [0.717, 1.165) is 16.7 Å². The number of thioether (sulfide) groups is 1. The van der Waals surface area contributed by atoms with Gasteiger partial charge in [-0.25, -0.2) is 0 Å². The Hall–Kier alpha value is -2.25. The first-order valence-corrected chi connectivity index (χ1v) is 6.41. The number of benzene rings is 2. The lowest BCUT2D eigenvalue weighted by Gasteiger charge is -2.05. The van der Waals surface area contributed by atoms with Crippen LogP contribution in [0.4, 0.5) is 0 Å². The molecule has 94 valence electrons. The lowest BCUT2D eigenvalue weighted by Crippen LogP contribution is -1.96. The van der Waals surface area contributed by atoms with Gasteiger partial charge in [0.05, 0.1) is 12.7 Å². The van der Waals surface area contributed by atoms with Crippen LogP contribution in [0.15, 0.2) is 53.4 Å². The van der Waals surface area contributed by atoms with Gasteiger partial charge in [0.15, 0.2) is 0 Å². The Bertz CT molecular complexity index is 632. The summed E-state index contributed by atoms with van der Waals surface area (Å²) in [7, 11) is 1.50. The lowest BCUT2D eigenvalue weighted by atomic mass is 10.1. The van der Waals surface area contributed by atoms with Crippen molar-refractivity contribution in [1.29, 1.82) is 5.26 Å². The Morgan fingerprint density at radius 1 is 1.21 bits per heavy atom. The van der Waals surface area contributed by atoms with Crippen LogP contribution in [0.1, 0.15) is 15.9 Å². The number of rotatable bonds is 3. The highest BCUT2D eigenvalue weighted by Gasteiger charge is 2.11. The molecule has 0 fully saturated rings. The maximum absolute atomic E-state index is 12.1. The van der Waals surface area contributed by atoms with Crippen molar-refractivity contribution >= 4 is 16.9 Å². The predicted octanol–water partition coefficient (Wildman–Crippen LogP) is 3.50. The van der Waals surface area contributed by atoms with Gasteiger partial charge in [0, 0.05) is 10.5 Å². The molecule has 2 rings (SSSR count). The van der Waals surface area contributed by atoms with E-state index in [0.29, 0.717) is 16.9 Å². The number of carbonyl (C=O) groups excluding carboxylic acids is 1. The van der Waals surface area contributed by atoms with E-state index < -0.39 is 0 Å². The molecule has 0 aromatic heterocycles. The van der Waals surface area contributed by atoms with E-state index >= 15 is 0 Å². The van der Waals surface area contributed by atoms with E-state index in [1.807, 2.05) is 36.4 Å². The molecule has 3 nitrogen and oxygen atoms in total. The van der Waals surface area contributed by atoms with E-state index in [1.54, 1.807) is 18.2 Å². The lowest BCUT2D eigenvalue weighted by molar-refractivity contribution is 0.108. The highest BCUT2D eigenvalue weighted by atomic mass is 32.2. The summed E-state index contributed by atoms with van der Waals surface area (Å²) >= 11 is 1.14. The van der Waals surface area contributed by atoms with Crippen LogP contribution in [0.25, 0.3) is 0 Å². The van der Waals surface area contributed by atoms with Gasteiger partial charge in [-0.05, 0) is 42.1 Å². The highest BCUT2D eigenvalue weighted by Crippen LogP contribution is 2.25. The van der Waals surface area contributed by atoms with Crippen molar-refractivity contribution in [2.75, 3.05) is 7.11 Å². The molecule has 0 radical (unpaired) electrons. The molecule has 0 aliphatic heterocycles. The minimum atomic E-state index is -0.0923. The van der Waals surface area contributed by atoms with Crippen LogP contribution in [0.2, 0.25) is 0 Å². The monoisotopic (exact) mass is 269 g/mol. The van der Waals surface area contributed by atoms with E-state index in [2.05, 4.69) is 0 Å². The van der Waals surface area contributed by atoms with E-state index in [4.69, 9.17) is 10.00 Å². The van der Waals surface area contributed by atoms with Crippen molar-refractivity contribution in [3.63, 3.8) is 0 Å². The molecule has 19 heavy (non-hydrogen) atoms. The Balaban J connectivity index is 2.23. The predicted molar refractivity (Wildman–Crippen MR) is 74.3 cm³/mol. The number of methoxy groups -OCH3 is 1. The van der Waals surface area contributed by atoms with Crippen LogP contribution in [0.5, 0.6) is 5.75 Å².